The fourth-order valence-corrected chi connectivity index (χ4v) is 5.25. The van der Waals surface area contributed by atoms with Crippen LogP contribution in [0.25, 0.3) is 15.9 Å². The van der Waals surface area contributed by atoms with Gasteiger partial charge in [-0.25, -0.2) is 4.68 Å². The van der Waals surface area contributed by atoms with Gasteiger partial charge in [-0.1, -0.05) is 24.3 Å². The Balaban J connectivity index is 1.30. The molecule has 4 aromatic rings. The van der Waals surface area contributed by atoms with E-state index in [-0.39, 0.29) is 11.8 Å². The maximum Gasteiger partial charge on any atom is 0.264 e. The maximum atomic E-state index is 13.2. The number of carbonyl (C=O) groups is 2. The highest BCUT2D eigenvalue weighted by Crippen LogP contribution is 2.31. The molecule has 0 atom stereocenters. The second kappa shape index (κ2) is 8.71. The third-order valence-corrected chi connectivity index (χ3v) is 7.03. The van der Waals surface area contributed by atoms with Gasteiger partial charge in [-0.2, -0.15) is 5.10 Å². The average molecular weight is 461 g/mol. The standard InChI is InChI=1S/C25H24N4O3S/c1-17-21-16-22(33-25(21)29(26-17)19-8-4-3-5-9-19)24(31)28-13-11-27(12-14-28)23(30)18-7-6-10-20(15-18)32-2/h3-10,15-16H,11-14H2,1-2H3. The van der Waals surface area contributed by atoms with E-state index in [9.17, 15) is 9.59 Å². The fraction of sp³-hybridized carbons (Fsp3) is 0.240. The van der Waals surface area contributed by atoms with Crippen LogP contribution in [0.15, 0.2) is 60.7 Å². The number of nitrogens with zero attached hydrogens (tertiary/aromatic N) is 4. The van der Waals surface area contributed by atoms with Crippen molar-refractivity contribution in [3.8, 4) is 11.4 Å². The lowest BCUT2D eigenvalue weighted by Gasteiger charge is -2.34. The van der Waals surface area contributed by atoms with E-state index in [0.29, 0.717) is 42.4 Å². The molecule has 2 amide bonds. The summed E-state index contributed by atoms with van der Waals surface area (Å²) in [4.78, 5) is 31.4. The molecule has 0 radical (unpaired) electrons. The molecule has 1 aliphatic rings. The van der Waals surface area contributed by atoms with Crippen LogP contribution in [0.2, 0.25) is 0 Å². The van der Waals surface area contributed by atoms with Gasteiger partial charge < -0.3 is 14.5 Å². The molecule has 7 nitrogen and oxygen atoms in total. The number of amides is 2. The molecule has 1 saturated heterocycles. The van der Waals surface area contributed by atoms with Crippen LogP contribution in [0.3, 0.4) is 0 Å². The van der Waals surface area contributed by atoms with Crippen LogP contribution in [0.5, 0.6) is 5.75 Å². The Morgan fingerprint density at radius 2 is 1.61 bits per heavy atom. The quantitative estimate of drug-likeness (QED) is 0.462. The number of ether oxygens (including phenoxy) is 1. The first kappa shape index (κ1) is 21.2. The largest absolute Gasteiger partial charge is 0.497 e. The minimum Gasteiger partial charge on any atom is -0.497 e. The molecule has 1 aliphatic heterocycles. The first-order chi connectivity index (χ1) is 16.0. The van der Waals surface area contributed by atoms with Gasteiger partial charge in [-0.3, -0.25) is 9.59 Å². The number of rotatable bonds is 4. The predicted molar refractivity (Wildman–Crippen MR) is 128 cm³/mol. The first-order valence-corrected chi connectivity index (χ1v) is 11.6. The maximum absolute atomic E-state index is 13.2. The van der Waals surface area contributed by atoms with Gasteiger partial charge in [0.1, 0.15) is 10.6 Å². The SMILES string of the molecule is COc1cccc(C(=O)N2CCN(C(=O)c3cc4c(C)nn(-c5ccccc5)c4s3)CC2)c1. The van der Waals surface area contributed by atoms with Gasteiger partial charge in [0.15, 0.2) is 0 Å². The van der Waals surface area contributed by atoms with Crippen molar-refractivity contribution in [2.75, 3.05) is 33.3 Å². The van der Waals surface area contributed by atoms with E-state index in [1.54, 1.807) is 24.1 Å². The summed E-state index contributed by atoms with van der Waals surface area (Å²) in [6.45, 7) is 3.98. The Labute approximate surface area is 195 Å². The van der Waals surface area contributed by atoms with Crippen molar-refractivity contribution in [3.05, 3.63) is 76.8 Å². The van der Waals surface area contributed by atoms with Crippen molar-refractivity contribution in [2.24, 2.45) is 0 Å². The molecule has 33 heavy (non-hydrogen) atoms. The molecule has 8 heteroatoms. The fourth-order valence-electron chi connectivity index (χ4n) is 4.10. The molecule has 2 aromatic carbocycles. The summed E-state index contributed by atoms with van der Waals surface area (Å²) in [5.74, 6) is 0.619. The van der Waals surface area contributed by atoms with Gasteiger partial charge in [0.2, 0.25) is 0 Å². The minimum atomic E-state index is -0.0403. The van der Waals surface area contributed by atoms with Crippen LogP contribution < -0.4 is 4.74 Å². The highest BCUT2D eigenvalue weighted by Gasteiger charge is 2.27. The summed E-state index contributed by atoms with van der Waals surface area (Å²) in [5, 5.41) is 5.65. The lowest BCUT2D eigenvalue weighted by molar-refractivity contribution is 0.0538. The van der Waals surface area contributed by atoms with Crippen molar-refractivity contribution in [1.29, 1.82) is 0 Å². The van der Waals surface area contributed by atoms with Crippen LogP contribution in [0.4, 0.5) is 0 Å². The summed E-state index contributed by atoms with van der Waals surface area (Å²) in [5.41, 5.74) is 2.47. The smallest absolute Gasteiger partial charge is 0.264 e. The summed E-state index contributed by atoms with van der Waals surface area (Å²) in [7, 11) is 1.58. The van der Waals surface area contributed by atoms with Crippen LogP contribution in [0.1, 0.15) is 25.7 Å². The normalized spacial score (nSPS) is 14.0. The van der Waals surface area contributed by atoms with E-state index in [0.717, 1.165) is 21.6 Å². The molecular weight excluding hydrogens is 436 g/mol. The van der Waals surface area contributed by atoms with Crippen molar-refractivity contribution < 1.29 is 14.3 Å². The number of aromatic nitrogens is 2. The number of para-hydroxylation sites is 1. The number of carbonyl (C=O) groups excluding carboxylic acids is 2. The summed E-state index contributed by atoms with van der Waals surface area (Å²) < 4.78 is 7.12. The van der Waals surface area contributed by atoms with Crippen LogP contribution >= 0.6 is 11.3 Å². The minimum absolute atomic E-state index is 0.00342. The molecule has 0 N–H and O–H groups in total. The molecule has 0 saturated carbocycles. The Hall–Kier alpha value is -3.65. The number of thiophene rings is 1. The van der Waals surface area contributed by atoms with E-state index in [2.05, 4.69) is 5.10 Å². The van der Waals surface area contributed by atoms with Crippen molar-refractivity contribution >= 4 is 33.4 Å². The zero-order valence-corrected chi connectivity index (χ0v) is 19.3. The van der Waals surface area contributed by atoms with E-state index in [4.69, 9.17) is 4.74 Å². The third kappa shape index (κ3) is 3.98. The van der Waals surface area contributed by atoms with Gasteiger partial charge >= 0.3 is 0 Å². The van der Waals surface area contributed by atoms with E-state index >= 15 is 0 Å². The molecule has 0 bridgehead atoms. The molecule has 0 aliphatic carbocycles. The van der Waals surface area contributed by atoms with Gasteiger partial charge in [0, 0.05) is 37.1 Å². The number of benzene rings is 2. The Bertz CT molecular complexity index is 1320. The molecule has 3 heterocycles. The number of aryl methyl sites for hydroxylation is 1. The molecule has 1 fully saturated rings. The number of piperazine rings is 1. The highest BCUT2D eigenvalue weighted by molar-refractivity contribution is 7.20. The molecular formula is C25H24N4O3S. The monoisotopic (exact) mass is 460 g/mol. The van der Waals surface area contributed by atoms with Crippen LogP contribution in [0, 0.1) is 6.92 Å². The average Bonchev–Trinajstić information content (AvgIpc) is 3.44. The van der Waals surface area contributed by atoms with Crippen molar-refractivity contribution in [1.82, 2.24) is 19.6 Å². The third-order valence-electron chi connectivity index (χ3n) is 5.93. The van der Waals surface area contributed by atoms with E-state index in [1.807, 2.05) is 65.0 Å². The lowest BCUT2D eigenvalue weighted by atomic mass is 10.1. The lowest BCUT2D eigenvalue weighted by Crippen LogP contribution is -2.50. The molecule has 0 unspecified atom stereocenters. The highest BCUT2D eigenvalue weighted by atomic mass is 32.1. The number of hydrogen-bond acceptors (Lipinski definition) is 5. The van der Waals surface area contributed by atoms with Crippen molar-refractivity contribution in [2.45, 2.75) is 6.92 Å². The zero-order chi connectivity index (χ0) is 22.9. The van der Waals surface area contributed by atoms with Gasteiger partial charge in [0.25, 0.3) is 11.8 Å². The van der Waals surface area contributed by atoms with Crippen molar-refractivity contribution in [3.63, 3.8) is 0 Å². The summed E-state index contributed by atoms with van der Waals surface area (Å²) >= 11 is 1.46. The molecule has 0 spiro atoms. The van der Waals surface area contributed by atoms with Gasteiger partial charge in [0.05, 0.1) is 23.4 Å². The second-order valence-electron chi connectivity index (χ2n) is 7.98. The zero-order valence-electron chi connectivity index (χ0n) is 18.5. The van der Waals surface area contributed by atoms with Gasteiger partial charge in [-0.15, -0.1) is 11.3 Å². The number of methoxy groups -OCH3 is 1. The Morgan fingerprint density at radius 3 is 2.30 bits per heavy atom. The number of hydrogen-bond donors (Lipinski definition) is 0. The Kier molecular flexibility index (Phi) is 5.60. The van der Waals surface area contributed by atoms with E-state index < -0.39 is 0 Å². The topological polar surface area (TPSA) is 67.7 Å². The molecule has 2 aromatic heterocycles. The first-order valence-electron chi connectivity index (χ1n) is 10.8. The summed E-state index contributed by atoms with van der Waals surface area (Å²) in [6.07, 6.45) is 0. The number of fused-ring (bicyclic) bond motifs is 1. The second-order valence-corrected chi connectivity index (χ2v) is 9.01. The molecule has 5 rings (SSSR count). The predicted octanol–water partition coefficient (Wildman–Crippen LogP) is 4.00. The van der Waals surface area contributed by atoms with Gasteiger partial charge in [-0.05, 0) is 43.3 Å². The molecule has 168 valence electrons. The summed E-state index contributed by atoms with van der Waals surface area (Å²) in [6, 6.07) is 19.0. The van der Waals surface area contributed by atoms with Crippen LogP contribution in [-0.4, -0.2) is 64.7 Å². The Morgan fingerprint density at radius 1 is 0.909 bits per heavy atom. The van der Waals surface area contributed by atoms with E-state index in [1.165, 1.54) is 11.3 Å². The van der Waals surface area contributed by atoms with Crippen LogP contribution in [-0.2, 0) is 0 Å².